The van der Waals surface area contributed by atoms with Crippen molar-refractivity contribution in [2.75, 3.05) is 0 Å². The summed E-state index contributed by atoms with van der Waals surface area (Å²) in [6.45, 7) is 12.7. The Labute approximate surface area is 163 Å². The van der Waals surface area contributed by atoms with Gasteiger partial charge in [-0.15, -0.1) is 0 Å². The normalized spacial score (nSPS) is 12.4. The van der Waals surface area contributed by atoms with Crippen LogP contribution in [0.2, 0.25) is 13.3 Å². The zero-order valence-corrected chi connectivity index (χ0v) is 20.9. The summed E-state index contributed by atoms with van der Waals surface area (Å²) in [6.07, 6.45) is 7.89. The first kappa shape index (κ1) is 23.0. The van der Waals surface area contributed by atoms with Gasteiger partial charge in [-0.25, -0.2) is 0 Å². The molecular weight excluding hydrogens is 435 g/mol. The molecule has 0 aromatic carbocycles. The van der Waals surface area contributed by atoms with Crippen LogP contribution >= 0.6 is 11.3 Å². The van der Waals surface area contributed by atoms with Gasteiger partial charge in [-0.3, -0.25) is 0 Å². The third-order valence-corrected chi connectivity index (χ3v) is 24.1. The minimum atomic E-state index is -2.40. The summed E-state index contributed by atoms with van der Waals surface area (Å²) < 4.78 is 11.5. The van der Waals surface area contributed by atoms with E-state index in [2.05, 4.69) is 26.8 Å². The number of thiophene rings is 1. The fourth-order valence-corrected chi connectivity index (χ4v) is 23.4. The van der Waals surface area contributed by atoms with Crippen LogP contribution in [-0.4, -0.2) is 29.9 Å². The number of rotatable bonds is 11. The monoisotopic (exact) mass is 474 g/mol. The van der Waals surface area contributed by atoms with Crippen LogP contribution in [0.1, 0.15) is 89.7 Å². The van der Waals surface area contributed by atoms with Crippen molar-refractivity contribution in [2.45, 2.75) is 99.0 Å². The number of unbranched alkanes of at least 4 members (excludes halogenated alkanes) is 3. The molecule has 0 aliphatic rings. The maximum absolute atomic E-state index is 12.5. The second-order valence-electron chi connectivity index (χ2n) is 8.26. The molecule has 0 fully saturated rings. The van der Waals surface area contributed by atoms with E-state index in [9.17, 15) is 4.79 Å². The van der Waals surface area contributed by atoms with Crippen molar-refractivity contribution in [1.29, 1.82) is 0 Å². The van der Waals surface area contributed by atoms with Crippen LogP contribution in [0.25, 0.3) is 0 Å². The molecule has 0 atom stereocenters. The third kappa shape index (κ3) is 7.62. The molecule has 0 unspecified atom stereocenters. The molecule has 0 spiro atoms. The van der Waals surface area contributed by atoms with Crippen LogP contribution in [0.5, 0.6) is 0 Å². The zero-order valence-electron chi connectivity index (χ0n) is 17.2. The molecule has 0 amide bonds. The molecule has 0 saturated heterocycles. The van der Waals surface area contributed by atoms with Gasteiger partial charge in [0, 0.05) is 0 Å². The predicted molar refractivity (Wildman–Crippen MR) is 114 cm³/mol. The van der Waals surface area contributed by atoms with E-state index in [1.807, 2.05) is 26.8 Å². The van der Waals surface area contributed by atoms with Gasteiger partial charge in [0.05, 0.1) is 0 Å². The van der Waals surface area contributed by atoms with Crippen molar-refractivity contribution < 1.29 is 9.53 Å². The van der Waals surface area contributed by atoms with E-state index in [0.717, 1.165) is 4.88 Å². The van der Waals surface area contributed by atoms with E-state index in [-0.39, 0.29) is 5.97 Å². The van der Waals surface area contributed by atoms with Gasteiger partial charge < -0.3 is 0 Å². The standard InChI is InChI=1S/C9H11O2S.3C4H9.Sn/c1-9(2,3)11-8(10)7-5-4-6-12-7;3*1-3-4-2;/h4-5H,1-3H3;3*1,3-4H2,2H3;. The van der Waals surface area contributed by atoms with Crippen LogP contribution < -0.4 is 2.89 Å². The fraction of sp³-hybridized carbons (Fsp3) is 0.762. The molecular formula is C21H38O2SSn. The van der Waals surface area contributed by atoms with Crippen molar-refractivity contribution in [2.24, 2.45) is 0 Å². The Morgan fingerprint density at radius 2 is 1.44 bits per heavy atom. The Kier molecular flexibility index (Phi) is 10.1. The van der Waals surface area contributed by atoms with Crippen LogP contribution in [0, 0.1) is 0 Å². The first-order valence-corrected chi connectivity index (χ1v) is 18.4. The van der Waals surface area contributed by atoms with Crippen molar-refractivity contribution in [3.05, 3.63) is 17.0 Å². The average molecular weight is 473 g/mol. The molecule has 0 radical (unpaired) electrons. The van der Waals surface area contributed by atoms with Crippen molar-refractivity contribution in [1.82, 2.24) is 0 Å². The number of carbonyl (C=O) groups excluding carboxylic acids is 1. The number of hydrogen-bond donors (Lipinski definition) is 0. The molecule has 1 aromatic heterocycles. The van der Waals surface area contributed by atoms with E-state index in [1.165, 1.54) is 51.8 Å². The average Bonchev–Trinajstić information content (AvgIpc) is 3.04. The Balaban J connectivity index is 3.09. The van der Waals surface area contributed by atoms with Gasteiger partial charge in [-0.05, 0) is 0 Å². The van der Waals surface area contributed by atoms with Gasteiger partial charge in [0.15, 0.2) is 0 Å². The summed E-state index contributed by atoms with van der Waals surface area (Å²) in [5, 5.41) is 0. The zero-order chi connectivity index (χ0) is 18.9. The van der Waals surface area contributed by atoms with Crippen molar-refractivity contribution in [3.8, 4) is 0 Å². The minimum absolute atomic E-state index is 0.148. The van der Waals surface area contributed by atoms with E-state index in [4.69, 9.17) is 4.74 Å². The van der Waals surface area contributed by atoms with Gasteiger partial charge in [0.1, 0.15) is 0 Å². The third-order valence-electron chi connectivity index (χ3n) is 4.76. The van der Waals surface area contributed by atoms with Crippen LogP contribution in [0.15, 0.2) is 12.1 Å². The van der Waals surface area contributed by atoms with E-state index in [1.54, 1.807) is 14.2 Å². The molecule has 144 valence electrons. The molecule has 25 heavy (non-hydrogen) atoms. The van der Waals surface area contributed by atoms with Gasteiger partial charge in [-0.1, -0.05) is 0 Å². The topological polar surface area (TPSA) is 26.3 Å². The molecule has 0 aliphatic carbocycles. The molecule has 1 rings (SSSR count). The molecule has 0 aliphatic heterocycles. The second-order valence-corrected chi connectivity index (χ2v) is 23.5. The number of hydrogen-bond acceptors (Lipinski definition) is 3. The predicted octanol–water partition coefficient (Wildman–Crippen LogP) is 6.76. The fourth-order valence-electron chi connectivity index (χ4n) is 3.35. The summed E-state index contributed by atoms with van der Waals surface area (Å²) in [7, 11) is 0. The Morgan fingerprint density at radius 3 is 1.84 bits per heavy atom. The number of carbonyl (C=O) groups is 1. The molecule has 1 heterocycles. The van der Waals surface area contributed by atoms with Crippen LogP contribution in [-0.2, 0) is 4.74 Å². The Bertz CT molecular complexity index is 494. The van der Waals surface area contributed by atoms with Crippen molar-refractivity contribution in [3.63, 3.8) is 0 Å². The van der Waals surface area contributed by atoms with E-state index in [0.29, 0.717) is 0 Å². The second kappa shape index (κ2) is 11.0. The molecule has 0 saturated carbocycles. The maximum atomic E-state index is 12.5. The van der Waals surface area contributed by atoms with Crippen LogP contribution in [0.3, 0.4) is 0 Å². The quantitative estimate of drug-likeness (QED) is 0.262. The van der Waals surface area contributed by atoms with Gasteiger partial charge in [0.25, 0.3) is 0 Å². The molecule has 0 bridgehead atoms. The van der Waals surface area contributed by atoms with E-state index < -0.39 is 24.0 Å². The molecule has 2 nitrogen and oxygen atoms in total. The van der Waals surface area contributed by atoms with Gasteiger partial charge >= 0.3 is 164 Å². The van der Waals surface area contributed by atoms with E-state index >= 15 is 0 Å². The Morgan fingerprint density at radius 1 is 0.960 bits per heavy atom. The molecule has 1 aromatic rings. The summed E-state index contributed by atoms with van der Waals surface area (Å²) >= 11 is -0.645. The summed E-state index contributed by atoms with van der Waals surface area (Å²) in [4.78, 5) is 13.3. The first-order valence-electron chi connectivity index (χ1n) is 10.1. The molecule has 0 N–H and O–H groups in total. The Hall–Kier alpha value is -0.0313. The number of ether oxygens (including phenoxy) is 1. The summed E-state index contributed by atoms with van der Waals surface area (Å²) in [5.41, 5.74) is -0.422. The summed E-state index contributed by atoms with van der Waals surface area (Å²) in [6, 6.07) is 4.32. The number of esters is 1. The SMILES string of the molecule is CCC[CH2][Sn]([CH2]CCC)([CH2]CCC)[c]1ccc(C(=O)OC(C)(C)C)s1. The summed E-state index contributed by atoms with van der Waals surface area (Å²) in [5.74, 6) is -0.148. The van der Waals surface area contributed by atoms with Crippen molar-refractivity contribution >= 4 is 38.6 Å². The molecule has 4 heteroatoms. The van der Waals surface area contributed by atoms with Gasteiger partial charge in [-0.2, -0.15) is 0 Å². The first-order chi connectivity index (χ1) is 11.8. The van der Waals surface area contributed by atoms with Gasteiger partial charge in [0.2, 0.25) is 0 Å². The van der Waals surface area contributed by atoms with Crippen LogP contribution in [0.4, 0.5) is 0 Å².